The number of H-pyrrole nitrogens is 1. The molecule has 25 heavy (non-hydrogen) atoms. The summed E-state index contributed by atoms with van der Waals surface area (Å²) >= 11 is 0. The lowest BCUT2D eigenvalue weighted by atomic mass is 9.94. The summed E-state index contributed by atoms with van der Waals surface area (Å²) in [5, 5.41) is 11.0. The number of fused-ring (bicyclic) bond motifs is 1. The minimum atomic E-state index is -0.108. The number of rotatable bonds is 2. The van der Waals surface area contributed by atoms with Gasteiger partial charge in [0.2, 0.25) is 0 Å². The molecule has 0 aliphatic carbocycles. The molecule has 0 atom stereocenters. The summed E-state index contributed by atoms with van der Waals surface area (Å²) in [6.45, 7) is 3.44. The van der Waals surface area contributed by atoms with Crippen LogP contribution in [-0.4, -0.2) is 34.2 Å². The second-order valence-electron chi connectivity index (χ2n) is 6.34. The molecule has 4 rings (SSSR count). The molecule has 1 aliphatic rings. The van der Waals surface area contributed by atoms with E-state index in [1.807, 2.05) is 35.2 Å². The monoisotopic (exact) mass is 332 g/mol. The van der Waals surface area contributed by atoms with Gasteiger partial charge in [-0.1, -0.05) is 48.0 Å². The molecule has 2 amide bonds. The van der Waals surface area contributed by atoms with Crippen molar-refractivity contribution in [2.24, 2.45) is 0 Å². The third kappa shape index (κ3) is 3.01. The highest BCUT2D eigenvalue weighted by Gasteiger charge is 2.22. The highest BCUT2D eigenvalue weighted by atomic mass is 16.2. The molecule has 2 N–H and O–H groups in total. The van der Waals surface area contributed by atoms with Gasteiger partial charge in [-0.05, 0) is 36.6 Å². The van der Waals surface area contributed by atoms with E-state index in [2.05, 4.69) is 46.7 Å². The van der Waals surface area contributed by atoms with Gasteiger partial charge in [-0.2, -0.15) is 5.10 Å². The van der Waals surface area contributed by atoms with Gasteiger partial charge < -0.3 is 4.90 Å². The first-order valence-corrected chi connectivity index (χ1v) is 8.45. The lowest BCUT2D eigenvalue weighted by Gasteiger charge is -2.29. The number of aromatic amines is 1. The first-order chi connectivity index (χ1) is 12.2. The van der Waals surface area contributed by atoms with Crippen LogP contribution in [0, 0.1) is 0 Å². The molecule has 126 valence electrons. The number of carbonyl (C=O) groups excluding carboxylic acids is 1. The zero-order valence-electron chi connectivity index (χ0n) is 14.1. The van der Waals surface area contributed by atoms with Gasteiger partial charge in [0.1, 0.15) is 0 Å². The fraction of sp³-hybridized carbons (Fsp3) is 0.200. The maximum atomic E-state index is 12.6. The summed E-state index contributed by atoms with van der Waals surface area (Å²) < 4.78 is 0. The number of aromatic nitrogens is 2. The molecule has 2 aromatic carbocycles. The Balaban J connectivity index is 1.50. The highest BCUT2D eigenvalue weighted by molar-refractivity contribution is 5.99. The Morgan fingerprint density at radius 3 is 2.68 bits per heavy atom. The van der Waals surface area contributed by atoms with Gasteiger partial charge in [-0.25, -0.2) is 4.79 Å². The Hall–Kier alpha value is -3.08. The maximum Gasteiger partial charge on any atom is 0.323 e. The molecule has 0 bridgehead atoms. The molecular weight excluding hydrogens is 312 g/mol. The predicted octanol–water partition coefficient (Wildman–Crippen LogP) is 4.27. The quantitative estimate of drug-likeness (QED) is 0.736. The largest absolute Gasteiger partial charge is 0.323 e. The van der Waals surface area contributed by atoms with Crippen LogP contribution in [0.2, 0.25) is 0 Å². The molecule has 5 heteroatoms. The summed E-state index contributed by atoms with van der Waals surface area (Å²) in [7, 11) is 0. The van der Waals surface area contributed by atoms with Crippen LogP contribution in [0.15, 0.2) is 60.2 Å². The topological polar surface area (TPSA) is 61.0 Å². The second-order valence-corrected chi connectivity index (χ2v) is 6.34. The fourth-order valence-electron chi connectivity index (χ4n) is 3.36. The van der Waals surface area contributed by atoms with E-state index in [1.165, 1.54) is 16.7 Å². The molecule has 5 nitrogen and oxygen atoms in total. The van der Waals surface area contributed by atoms with Crippen molar-refractivity contribution >= 4 is 28.3 Å². The van der Waals surface area contributed by atoms with Crippen molar-refractivity contribution in [2.45, 2.75) is 13.3 Å². The minimum absolute atomic E-state index is 0.108. The van der Waals surface area contributed by atoms with Crippen molar-refractivity contribution in [3.05, 3.63) is 65.7 Å². The van der Waals surface area contributed by atoms with Gasteiger partial charge >= 0.3 is 6.03 Å². The van der Waals surface area contributed by atoms with Crippen LogP contribution in [0.5, 0.6) is 0 Å². The zero-order chi connectivity index (χ0) is 17.2. The summed E-state index contributed by atoms with van der Waals surface area (Å²) in [6.07, 6.45) is 0.866. The minimum Gasteiger partial charge on any atom is -0.320 e. The van der Waals surface area contributed by atoms with E-state index in [0.29, 0.717) is 18.9 Å². The van der Waals surface area contributed by atoms with Crippen LogP contribution in [0.3, 0.4) is 0 Å². The lowest BCUT2D eigenvalue weighted by molar-refractivity contribution is 0.215. The van der Waals surface area contributed by atoms with Crippen LogP contribution in [0.25, 0.3) is 16.5 Å². The van der Waals surface area contributed by atoms with E-state index < -0.39 is 0 Å². The Morgan fingerprint density at radius 2 is 1.88 bits per heavy atom. The summed E-state index contributed by atoms with van der Waals surface area (Å²) in [4.78, 5) is 14.5. The van der Waals surface area contributed by atoms with Crippen LogP contribution >= 0.6 is 0 Å². The van der Waals surface area contributed by atoms with Gasteiger partial charge in [-0.15, -0.1) is 0 Å². The first kappa shape index (κ1) is 15.4. The Bertz CT molecular complexity index is 942. The van der Waals surface area contributed by atoms with E-state index in [0.717, 1.165) is 17.3 Å². The van der Waals surface area contributed by atoms with Crippen molar-refractivity contribution in [1.82, 2.24) is 15.1 Å². The normalized spacial score (nSPS) is 14.8. The fourth-order valence-corrected chi connectivity index (χ4v) is 3.36. The molecule has 2 heterocycles. The maximum absolute atomic E-state index is 12.6. The molecule has 3 aromatic rings. The summed E-state index contributed by atoms with van der Waals surface area (Å²) in [6, 6.07) is 18.0. The van der Waals surface area contributed by atoms with Gasteiger partial charge in [0.15, 0.2) is 5.82 Å². The van der Waals surface area contributed by atoms with Crippen LogP contribution < -0.4 is 5.32 Å². The molecule has 1 aliphatic heterocycles. The SMILES string of the molecule is CC1=C(c2ccccc2)CCN(C(=O)Nc2n[nH]c3ccccc23)C1. The third-order valence-corrected chi connectivity index (χ3v) is 4.68. The van der Waals surface area contributed by atoms with Crippen molar-refractivity contribution in [3.8, 4) is 0 Å². The number of hydrogen-bond acceptors (Lipinski definition) is 2. The zero-order valence-corrected chi connectivity index (χ0v) is 14.1. The van der Waals surface area contributed by atoms with Gasteiger partial charge in [0, 0.05) is 18.5 Å². The molecule has 0 spiro atoms. The first-order valence-electron chi connectivity index (χ1n) is 8.45. The number of benzene rings is 2. The number of amides is 2. The Labute approximate surface area is 146 Å². The summed E-state index contributed by atoms with van der Waals surface area (Å²) in [5.74, 6) is 0.580. The smallest absolute Gasteiger partial charge is 0.320 e. The van der Waals surface area contributed by atoms with Crippen LogP contribution in [-0.2, 0) is 0 Å². The van der Waals surface area contributed by atoms with E-state index in [-0.39, 0.29) is 6.03 Å². The van der Waals surface area contributed by atoms with E-state index in [9.17, 15) is 4.79 Å². The van der Waals surface area contributed by atoms with E-state index in [1.54, 1.807) is 0 Å². The van der Waals surface area contributed by atoms with E-state index >= 15 is 0 Å². The summed E-state index contributed by atoms with van der Waals surface area (Å²) in [5.41, 5.74) is 4.74. The van der Waals surface area contributed by atoms with Crippen molar-refractivity contribution in [2.75, 3.05) is 18.4 Å². The predicted molar refractivity (Wildman–Crippen MR) is 100 cm³/mol. The molecule has 0 saturated carbocycles. The van der Waals surface area contributed by atoms with Crippen molar-refractivity contribution in [3.63, 3.8) is 0 Å². The van der Waals surface area contributed by atoms with E-state index in [4.69, 9.17) is 0 Å². The number of nitrogens with one attached hydrogen (secondary N) is 2. The lowest BCUT2D eigenvalue weighted by Crippen LogP contribution is -2.39. The highest BCUT2D eigenvalue weighted by Crippen LogP contribution is 2.27. The molecule has 0 radical (unpaired) electrons. The molecule has 0 fully saturated rings. The standard InChI is InChI=1S/C20H20N4O/c1-14-13-24(12-11-16(14)15-7-3-2-4-8-15)20(25)21-19-17-9-5-6-10-18(17)22-23-19/h2-10H,11-13H2,1H3,(H2,21,22,23,25). The van der Waals surface area contributed by atoms with Crippen LogP contribution in [0.4, 0.5) is 10.6 Å². The second kappa shape index (κ2) is 6.43. The molecular formula is C20H20N4O. The number of urea groups is 1. The van der Waals surface area contributed by atoms with Gasteiger partial charge in [0.05, 0.1) is 5.52 Å². The third-order valence-electron chi connectivity index (χ3n) is 4.68. The molecule has 1 aromatic heterocycles. The van der Waals surface area contributed by atoms with Crippen molar-refractivity contribution in [1.29, 1.82) is 0 Å². The number of hydrogen-bond donors (Lipinski definition) is 2. The number of carbonyl (C=O) groups is 1. The number of nitrogens with zero attached hydrogens (tertiary/aromatic N) is 2. The van der Waals surface area contributed by atoms with Crippen LogP contribution in [0.1, 0.15) is 18.9 Å². The van der Waals surface area contributed by atoms with Gasteiger partial charge in [-0.3, -0.25) is 10.4 Å². The number of para-hydroxylation sites is 1. The molecule has 0 saturated heterocycles. The number of anilines is 1. The van der Waals surface area contributed by atoms with Crippen molar-refractivity contribution < 1.29 is 4.79 Å². The Kier molecular flexibility index (Phi) is 3.98. The van der Waals surface area contributed by atoms with Gasteiger partial charge in [0.25, 0.3) is 0 Å². The average Bonchev–Trinajstić information content (AvgIpc) is 3.05. The Morgan fingerprint density at radius 1 is 1.12 bits per heavy atom. The average molecular weight is 332 g/mol. The molecule has 0 unspecified atom stereocenters.